The lowest BCUT2D eigenvalue weighted by atomic mass is 10.1. The van der Waals surface area contributed by atoms with E-state index in [0.29, 0.717) is 48.8 Å². The summed E-state index contributed by atoms with van der Waals surface area (Å²) in [6, 6.07) is 17.6. The number of halogens is 3. The number of para-hydroxylation sites is 1. The zero-order chi connectivity index (χ0) is 24.2. The summed E-state index contributed by atoms with van der Waals surface area (Å²) in [4.78, 5) is 26.9. The van der Waals surface area contributed by atoms with Gasteiger partial charge in [0.1, 0.15) is 6.61 Å². The van der Waals surface area contributed by atoms with Crippen LogP contribution in [0.2, 0.25) is 10.0 Å². The Hall–Kier alpha value is -2.45. The molecule has 1 aliphatic heterocycles. The maximum atomic E-state index is 12.9. The summed E-state index contributed by atoms with van der Waals surface area (Å²) in [5.74, 6) is 0.630. The predicted octanol–water partition coefficient (Wildman–Crippen LogP) is 7.97. The molecule has 5 nitrogen and oxygen atoms in total. The van der Waals surface area contributed by atoms with E-state index >= 15 is 0 Å². The highest BCUT2D eigenvalue weighted by atomic mass is 79.9. The number of benzene rings is 3. The van der Waals surface area contributed by atoms with Crippen molar-refractivity contribution in [3.8, 4) is 11.5 Å². The van der Waals surface area contributed by atoms with Gasteiger partial charge in [-0.25, -0.2) is 4.90 Å². The number of ether oxygens (including phenoxy) is 2. The third kappa shape index (κ3) is 5.44. The van der Waals surface area contributed by atoms with Crippen molar-refractivity contribution in [2.75, 3.05) is 11.5 Å². The maximum absolute atomic E-state index is 12.9. The van der Waals surface area contributed by atoms with Crippen LogP contribution in [0.1, 0.15) is 18.1 Å². The summed E-state index contributed by atoms with van der Waals surface area (Å²) in [6.45, 7) is 2.49. The minimum absolute atomic E-state index is 0.212. The Kier molecular flexibility index (Phi) is 7.88. The Balaban J connectivity index is 1.60. The number of amides is 2. The monoisotopic (exact) mass is 577 g/mol. The molecule has 0 atom stereocenters. The molecule has 1 aliphatic rings. The third-order valence-electron chi connectivity index (χ3n) is 4.82. The minimum atomic E-state index is -0.368. The van der Waals surface area contributed by atoms with Crippen molar-refractivity contribution >= 4 is 73.8 Å². The van der Waals surface area contributed by atoms with Crippen molar-refractivity contribution in [2.24, 2.45) is 0 Å². The molecule has 0 radical (unpaired) electrons. The van der Waals surface area contributed by atoms with Crippen LogP contribution in [-0.2, 0) is 11.4 Å². The molecule has 0 aliphatic carbocycles. The number of rotatable bonds is 7. The summed E-state index contributed by atoms with van der Waals surface area (Å²) in [5.41, 5.74) is 2.00. The average molecular weight is 579 g/mol. The van der Waals surface area contributed by atoms with Crippen LogP contribution in [0.15, 0.2) is 70.0 Å². The van der Waals surface area contributed by atoms with E-state index in [1.54, 1.807) is 60.7 Å². The van der Waals surface area contributed by atoms with Gasteiger partial charge in [0.25, 0.3) is 11.1 Å². The van der Waals surface area contributed by atoms with Gasteiger partial charge in [-0.2, -0.15) is 0 Å². The van der Waals surface area contributed by atoms with Gasteiger partial charge in [0.15, 0.2) is 11.5 Å². The van der Waals surface area contributed by atoms with E-state index in [1.165, 1.54) is 4.90 Å². The quantitative estimate of drug-likeness (QED) is 0.266. The van der Waals surface area contributed by atoms with Gasteiger partial charge in [-0.3, -0.25) is 9.59 Å². The van der Waals surface area contributed by atoms with Crippen molar-refractivity contribution in [3.63, 3.8) is 0 Å². The molecule has 0 saturated carbocycles. The number of hydrogen-bond acceptors (Lipinski definition) is 5. The SMILES string of the molecule is CCOc1cc(/C=C2\SC(=O)N(c3ccccc3)C2=O)cc(Br)c1OCc1ccc(Cl)cc1Cl. The van der Waals surface area contributed by atoms with Crippen LogP contribution in [-0.4, -0.2) is 17.8 Å². The van der Waals surface area contributed by atoms with E-state index in [9.17, 15) is 9.59 Å². The molecule has 0 unspecified atom stereocenters. The second kappa shape index (κ2) is 10.9. The molecule has 2 amide bonds. The number of carbonyl (C=O) groups is 2. The second-order valence-electron chi connectivity index (χ2n) is 7.14. The Bertz CT molecular complexity index is 1280. The van der Waals surface area contributed by atoms with Gasteiger partial charge in [-0.15, -0.1) is 0 Å². The van der Waals surface area contributed by atoms with Gasteiger partial charge in [0.2, 0.25) is 0 Å². The first-order chi connectivity index (χ1) is 16.4. The number of thioether (sulfide) groups is 1. The van der Waals surface area contributed by atoms with Crippen LogP contribution in [0.3, 0.4) is 0 Å². The van der Waals surface area contributed by atoms with E-state index in [-0.39, 0.29) is 17.8 Å². The number of nitrogens with zero attached hydrogens (tertiary/aromatic N) is 1. The van der Waals surface area contributed by atoms with Crippen LogP contribution in [0.25, 0.3) is 6.08 Å². The Morgan fingerprint density at radius 1 is 1.03 bits per heavy atom. The molecule has 4 rings (SSSR count). The number of hydrogen-bond donors (Lipinski definition) is 0. The molecule has 3 aromatic carbocycles. The molecular weight excluding hydrogens is 561 g/mol. The van der Waals surface area contributed by atoms with E-state index in [2.05, 4.69) is 15.9 Å². The molecule has 0 bridgehead atoms. The number of anilines is 1. The largest absolute Gasteiger partial charge is 0.490 e. The lowest BCUT2D eigenvalue weighted by Crippen LogP contribution is -2.27. The van der Waals surface area contributed by atoms with Crippen LogP contribution >= 0.6 is 50.9 Å². The summed E-state index contributed by atoms with van der Waals surface area (Å²) in [6.07, 6.45) is 1.67. The van der Waals surface area contributed by atoms with Crippen molar-refractivity contribution in [3.05, 3.63) is 91.2 Å². The highest BCUT2D eigenvalue weighted by molar-refractivity contribution is 9.10. The van der Waals surface area contributed by atoms with Crippen molar-refractivity contribution < 1.29 is 19.1 Å². The topological polar surface area (TPSA) is 55.8 Å². The van der Waals surface area contributed by atoms with E-state index in [1.807, 2.05) is 13.0 Å². The van der Waals surface area contributed by atoms with Gasteiger partial charge in [-0.05, 0) is 82.7 Å². The molecule has 3 aromatic rings. The van der Waals surface area contributed by atoms with Gasteiger partial charge in [0, 0.05) is 15.6 Å². The Morgan fingerprint density at radius 2 is 1.79 bits per heavy atom. The fraction of sp³-hybridized carbons (Fsp3) is 0.120. The van der Waals surface area contributed by atoms with E-state index in [4.69, 9.17) is 32.7 Å². The molecule has 0 aromatic heterocycles. The summed E-state index contributed by atoms with van der Waals surface area (Å²) < 4.78 is 12.4. The second-order valence-corrected chi connectivity index (χ2v) is 9.83. The summed E-state index contributed by atoms with van der Waals surface area (Å²) in [7, 11) is 0. The lowest BCUT2D eigenvalue weighted by molar-refractivity contribution is -0.113. The van der Waals surface area contributed by atoms with Crippen LogP contribution in [0, 0.1) is 0 Å². The van der Waals surface area contributed by atoms with Crippen molar-refractivity contribution in [1.82, 2.24) is 0 Å². The van der Waals surface area contributed by atoms with Gasteiger partial charge < -0.3 is 9.47 Å². The highest BCUT2D eigenvalue weighted by Crippen LogP contribution is 2.40. The van der Waals surface area contributed by atoms with Gasteiger partial charge >= 0.3 is 0 Å². The Labute approximate surface area is 219 Å². The van der Waals surface area contributed by atoms with Crippen molar-refractivity contribution in [2.45, 2.75) is 13.5 Å². The molecule has 34 heavy (non-hydrogen) atoms. The van der Waals surface area contributed by atoms with E-state index in [0.717, 1.165) is 17.3 Å². The normalized spacial score (nSPS) is 14.7. The zero-order valence-corrected chi connectivity index (χ0v) is 21.8. The Morgan fingerprint density at radius 3 is 2.50 bits per heavy atom. The highest BCUT2D eigenvalue weighted by Gasteiger charge is 2.36. The molecule has 1 saturated heterocycles. The molecule has 174 valence electrons. The first-order valence-electron chi connectivity index (χ1n) is 10.2. The van der Waals surface area contributed by atoms with Crippen LogP contribution < -0.4 is 14.4 Å². The van der Waals surface area contributed by atoms with Crippen molar-refractivity contribution in [1.29, 1.82) is 0 Å². The standard InChI is InChI=1S/C25H18BrCl2NO4S/c1-2-32-21-11-15(10-19(26)23(21)33-14-16-8-9-17(27)13-20(16)28)12-22-24(30)29(25(31)34-22)18-6-4-3-5-7-18/h3-13H,2,14H2,1H3/b22-12-. The molecule has 1 fully saturated rings. The summed E-state index contributed by atoms with van der Waals surface area (Å²) >= 11 is 16.7. The number of imide groups is 1. The molecule has 0 spiro atoms. The van der Waals surface area contributed by atoms with Gasteiger partial charge in [0.05, 0.1) is 21.7 Å². The molecule has 0 N–H and O–H groups in total. The van der Waals surface area contributed by atoms with Crippen LogP contribution in [0.4, 0.5) is 10.5 Å². The fourth-order valence-corrected chi connectivity index (χ4v) is 5.16. The summed E-state index contributed by atoms with van der Waals surface area (Å²) in [5, 5.41) is 0.713. The lowest BCUT2D eigenvalue weighted by Gasteiger charge is -2.15. The molecular formula is C25H18BrCl2NO4S. The first kappa shape index (κ1) is 24.7. The molecule has 9 heteroatoms. The fourth-order valence-electron chi connectivity index (χ4n) is 3.28. The zero-order valence-electron chi connectivity index (χ0n) is 17.9. The first-order valence-corrected chi connectivity index (χ1v) is 12.6. The minimum Gasteiger partial charge on any atom is -0.490 e. The average Bonchev–Trinajstić information content (AvgIpc) is 3.08. The maximum Gasteiger partial charge on any atom is 0.298 e. The van der Waals surface area contributed by atoms with Gasteiger partial charge in [-0.1, -0.05) is 47.5 Å². The smallest absolute Gasteiger partial charge is 0.298 e. The van der Waals surface area contributed by atoms with Crippen LogP contribution in [0.5, 0.6) is 11.5 Å². The predicted molar refractivity (Wildman–Crippen MR) is 141 cm³/mol. The molecule has 1 heterocycles. The van der Waals surface area contributed by atoms with E-state index < -0.39 is 0 Å². The number of carbonyl (C=O) groups excluding carboxylic acids is 2. The third-order valence-corrected chi connectivity index (χ3v) is 6.87.